The molecule has 0 saturated heterocycles. The number of carbonyl (C=O) groups is 1. The summed E-state index contributed by atoms with van der Waals surface area (Å²) in [6.07, 6.45) is 2.98. The molecule has 2 aromatic heterocycles. The third-order valence-corrected chi connectivity index (χ3v) is 3.88. The monoisotopic (exact) mass is 291 g/mol. The largest absolute Gasteiger partial charge is 0.347 e. The van der Waals surface area contributed by atoms with Gasteiger partial charge >= 0.3 is 5.69 Å². The molecule has 2 rings (SSSR count). The van der Waals surface area contributed by atoms with Gasteiger partial charge in [0, 0.05) is 17.3 Å². The topological polar surface area (TPSA) is 64.0 Å². The van der Waals surface area contributed by atoms with Crippen LogP contribution in [0.5, 0.6) is 0 Å². The van der Waals surface area contributed by atoms with E-state index in [-0.39, 0.29) is 24.4 Å². The maximum atomic E-state index is 12.1. The molecule has 0 radical (unpaired) electrons. The van der Waals surface area contributed by atoms with Gasteiger partial charge in [-0.1, -0.05) is 19.9 Å². The van der Waals surface area contributed by atoms with E-state index >= 15 is 0 Å². The lowest BCUT2D eigenvalue weighted by molar-refractivity contribution is -0.122. The predicted octanol–water partition coefficient (Wildman–Crippen LogP) is 1.82. The second-order valence-corrected chi connectivity index (χ2v) is 5.81. The molecule has 20 heavy (non-hydrogen) atoms. The normalized spacial score (nSPS) is 12.3. The maximum absolute atomic E-state index is 12.1. The van der Waals surface area contributed by atoms with Crippen molar-refractivity contribution in [3.8, 4) is 0 Å². The van der Waals surface area contributed by atoms with Crippen molar-refractivity contribution in [3.05, 3.63) is 51.3 Å². The Morgan fingerprint density at radius 2 is 2.25 bits per heavy atom. The summed E-state index contributed by atoms with van der Waals surface area (Å²) in [6.45, 7) is 4.10. The van der Waals surface area contributed by atoms with Crippen LogP contribution in [0.25, 0.3) is 0 Å². The quantitative estimate of drug-likeness (QED) is 0.914. The zero-order valence-corrected chi connectivity index (χ0v) is 12.3. The Morgan fingerprint density at radius 1 is 1.45 bits per heavy atom. The van der Waals surface area contributed by atoms with Crippen LogP contribution >= 0.6 is 11.3 Å². The van der Waals surface area contributed by atoms with Gasteiger partial charge in [0.1, 0.15) is 6.54 Å². The van der Waals surface area contributed by atoms with Crippen LogP contribution in [0.1, 0.15) is 24.8 Å². The van der Waals surface area contributed by atoms with E-state index in [0.29, 0.717) is 0 Å². The van der Waals surface area contributed by atoms with E-state index in [1.165, 1.54) is 10.8 Å². The summed E-state index contributed by atoms with van der Waals surface area (Å²) < 4.78 is 1.29. The minimum Gasteiger partial charge on any atom is -0.347 e. The summed E-state index contributed by atoms with van der Waals surface area (Å²) in [5.74, 6) is 0.0930. The Kier molecular flexibility index (Phi) is 4.68. The molecule has 2 aromatic rings. The summed E-state index contributed by atoms with van der Waals surface area (Å²) in [4.78, 5) is 28.3. The molecule has 0 aliphatic rings. The highest BCUT2D eigenvalue weighted by Crippen LogP contribution is 2.25. The van der Waals surface area contributed by atoms with Gasteiger partial charge in [0.25, 0.3) is 0 Å². The third kappa shape index (κ3) is 3.54. The molecule has 1 amide bonds. The summed E-state index contributed by atoms with van der Waals surface area (Å²) in [5, 5.41) is 4.97. The number of hydrogen-bond donors (Lipinski definition) is 1. The Labute approximate surface area is 121 Å². The van der Waals surface area contributed by atoms with Crippen molar-refractivity contribution in [3.63, 3.8) is 0 Å². The number of carbonyl (C=O) groups excluding carboxylic acids is 1. The van der Waals surface area contributed by atoms with E-state index in [1.54, 1.807) is 23.6 Å². The Morgan fingerprint density at radius 3 is 2.85 bits per heavy atom. The Hall–Kier alpha value is -1.95. The van der Waals surface area contributed by atoms with Crippen molar-refractivity contribution in [2.45, 2.75) is 26.4 Å². The fourth-order valence-corrected chi connectivity index (χ4v) is 2.86. The van der Waals surface area contributed by atoms with Crippen molar-refractivity contribution in [2.75, 3.05) is 0 Å². The number of nitrogens with zero attached hydrogens (tertiary/aromatic N) is 2. The summed E-state index contributed by atoms with van der Waals surface area (Å²) in [5.41, 5.74) is -0.417. The molecule has 0 aliphatic carbocycles. The maximum Gasteiger partial charge on any atom is 0.347 e. The summed E-state index contributed by atoms with van der Waals surface area (Å²) in [7, 11) is 0. The first-order valence-corrected chi connectivity index (χ1v) is 7.30. The molecule has 0 saturated carbocycles. The van der Waals surface area contributed by atoms with Crippen LogP contribution in [0.3, 0.4) is 0 Å². The van der Waals surface area contributed by atoms with Crippen molar-refractivity contribution in [1.82, 2.24) is 14.9 Å². The number of aromatic nitrogens is 2. The van der Waals surface area contributed by atoms with Crippen molar-refractivity contribution in [2.24, 2.45) is 5.92 Å². The molecule has 2 heterocycles. The fourth-order valence-electron chi connectivity index (χ4n) is 1.92. The van der Waals surface area contributed by atoms with Crippen LogP contribution in [0.15, 0.2) is 40.8 Å². The van der Waals surface area contributed by atoms with Gasteiger partial charge in [-0.05, 0) is 23.4 Å². The van der Waals surface area contributed by atoms with Crippen molar-refractivity contribution in [1.29, 1.82) is 0 Å². The predicted molar refractivity (Wildman–Crippen MR) is 78.5 cm³/mol. The number of rotatable bonds is 5. The molecule has 106 valence electrons. The van der Waals surface area contributed by atoms with Gasteiger partial charge in [0.15, 0.2) is 0 Å². The fraction of sp³-hybridized carbons (Fsp3) is 0.357. The van der Waals surface area contributed by atoms with Crippen LogP contribution in [0, 0.1) is 5.92 Å². The lowest BCUT2D eigenvalue weighted by atomic mass is 10.0. The zero-order valence-electron chi connectivity index (χ0n) is 11.4. The first-order chi connectivity index (χ1) is 9.58. The molecule has 0 fully saturated rings. The molecular weight excluding hydrogens is 274 g/mol. The van der Waals surface area contributed by atoms with E-state index in [1.807, 2.05) is 17.5 Å². The minimum absolute atomic E-state index is 0.0126. The minimum atomic E-state index is -0.417. The van der Waals surface area contributed by atoms with Gasteiger partial charge in [-0.15, -0.1) is 11.3 Å². The van der Waals surface area contributed by atoms with E-state index in [9.17, 15) is 9.59 Å². The van der Waals surface area contributed by atoms with Gasteiger partial charge in [-0.25, -0.2) is 9.78 Å². The van der Waals surface area contributed by atoms with Crippen LogP contribution in [-0.2, 0) is 11.3 Å². The smallest absolute Gasteiger partial charge is 0.347 e. The highest BCUT2D eigenvalue weighted by atomic mass is 32.1. The van der Waals surface area contributed by atoms with Gasteiger partial charge in [-0.3, -0.25) is 9.36 Å². The molecule has 6 heteroatoms. The first kappa shape index (κ1) is 14.5. The van der Waals surface area contributed by atoms with E-state index in [4.69, 9.17) is 0 Å². The van der Waals surface area contributed by atoms with Gasteiger partial charge in [0.05, 0.1) is 6.04 Å². The SMILES string of the molecule is CC(C)C(NC(=O)Cn1cccnc1=O)c1cccs1. The molecule has 0 aromatic carbocycles. The number of amides is 1. The molecule has 1 atom stereocenters. The number of nitrogens with one attached hydrogen (secondary N) is 1. The average molecular weight is 291 g/mol. The molecule has 0 bridgehead atoms. The molecule has 0 spiro atoms. The highest BCUT2D eigenvalue weighted by molar-refractivity contribution is 7.10. The van der Waals surface area contributed by atoms with E-state index < -0.39 is 5.69 Å². The third-order valence-electron chi connectivity index (χ3n) is 2.93. The highest BCUT2D eigenvalue weighted by Gasteiger charge is 2.19. The van der Waals surface area contributed by atoms with E-state index in [2.05, 4.69) is 24.1 Å². The second kappa shape index (κ2) is 6.47. The van der Waals surface area contributed by atoms with Crippen molar-refractivity contribution < 1.29 is 4.79 Å². The van der Waals surface area contributed by atoms with Gasteiger partial charge in [-0.2, -0.15) is 0 Å². The van der Waals surface area contributed by atoms with E-state index in [0.717, 1.165) is 4.88 Å². The lowest BCUT2D eigenvalue weighted by Crippen LogP contribution is -2.36. The molecule has 5 nitrogen and oxygen atoms in total. The summed E-state index contributed by atoms with van der Waals surface area (Å²) >= 11 is 1.62. The first-order valence-electron chi connectivity index (χ1n) is 6.42. The molecule has 0 aliphatic heterocycles. The molecular formula is C14H17N3O2S. The Balaban J connectivity index is 2.06. The lowest BCUT2D eigenvalue weighted by Gasteiger charge is -2.21. The van der Waals surface area contributed by atoms with Gasteiger partial charge in [0.2, 0.25) is 5.91 Å². The van der Waals surface area contributed by atoms with Crippen LogP contribution < -0.4 is 11.0 Å². The zero-order chi connectivity index (χ0) is 14.5. The van der Waals surface area contributed by atoms with Gasteiger partial charge < -0.3 is 5.32 Å². The molecule has 1 N–H and O–H groups in total. The second-order valence-electron chi connectivity index (χ2n) is 4.83. The molecule has 1 unspecified atom stereocenters. The van der Waals surface area contributed by atoms with Crippen molar-refractivity contribution >= 4 is 17.2 Å². The van der Waals surface area contributed by atoms with Crippen LogP contribution in [0.2, 0.25) is 0 Å². The number of hydrogen-bond acceptors (Lipinski definition) is 4. The standard InChI is InChI=1S/C14H17N3O2S/c1-10(2)13(11-5-3-8-20-11)16-12(18)9-17-7-4-6-15-14(17)19/h3-8,10,13H,9H2,1-2H3,(H,16,18). The van der Waals surface area contributed by atoms with Crippen LogP contribution in [-0.4, -0.2) is 15.5 Å². The van der Waals surface area contributed by atoms with Crippen LogP contribution in [0.4, 0.5) is 0 Å². The Bertz CT molecular complexity index is 619. The number of thiophene rings is 1. The average Bonchev–Trinajstić information content (AvgIpc) is 2.92. The summed E-state index contributed by atoms with van der Waals surface area (Å²) in [6, 6.07) is 5.57.